The van der Waals surface area contributed by atoms with Gasteiger partial charge in [-0.25, -0.2) is 4.98 Å². The zero-order valence-corrected chi connectivity index (χ0v) is 24.3. The molecular weight excluding hydrogens is 548 g/mol. The number of para-hydroxylation sites is 5. The van der Waals surface area contributed by atoms with E-state index in [9.17, 15) is 0 Å². The van der Waals surface area contributed by atoms with E-state index in [2.05, 4.69) is 171 Å². The zero-order chi connectivity index (χ0) is 29.5. The maximum atomic E-state index is 5.29. The first-order chi connectivity index (χ1) is 22.4. The first kappa shape index (κ1) is 24.3. The van der Waals surface area contributed by atoms with Crippen LogP contribution in [0.4, 0.5) is 0 Å². The molecule has 3 aromatic heterocycles. The molecule has 45 heavy (non-hydrogen) atoms. The summed E-state index contributed by atoms with van der Waals surface area (Å²) in [5.74, 6) is 0.880. The van der Waals surface area contributed by atoms with E-state index >= 15 is 0 Å². The fourth-order valence-electron chi connectivity index (χ4n) is 7.38. The summed E-state index contributed by atoms with van der Waals surface area (Å²) in [6, 6.07) is 56.3. The van der Waals surface area contributed by atoms with Crippen LogP contribution in [-0.4, -0.2) is 18.7 Å². The highest BCUT2D eigenvalue weighted by atomic mass is 15.2. The fraction of sp³-hybridized carbons (Fsp3) is 0. The second-order valence-corrected chi connectivity index (χ2v) is 11.6. The average Bonchev–Trinajstić information content (AvgIpc) is 3.76. The maximum Gasteiger partial charge on any atom is 0.220 e. The van der Waals surface area contributed by atoms with Gasteiger partial charge in [0.15, 0.2) is 0 Å². The molecule has 0 radical (unpaired) electrons. The molecule has 0 spiro atoms. The van der Waals surface area contributed by atoms with Crippen LogP contribution >= 0.6 is 0 Å². The summed E-state index contributed by atoms with van der Waals surface area (Å²) >= 11 is 0. The average molecular weight is 575 g/mol. The van der Waals surface area contributed by atoms with E-state index < -0.39 is 0 Å². The van der Waals surface area contributed by atoms with Gasteiger partial charge in [-0.15, -0.1) is 0 Å². The third-order valence-electron chi connectivity index (χ3n) is 9.22. The molecular formula is C41H26N4. The van der Waals surface area contributed by atoms with E-state index in [1.807, 2.05) is 0 Å². The molecule has 0 fully saturated rings. The second kappa shape index (κ2) is 9.18. The van der Waals surface area contributed by atoms with Crippen LogP contribution in [0.25, 0.3) is 82.7 Å². The molecule has 10 aromatic rings. The minimum atomic E-state index is 0.880. The first-order valence-corrected chi connectivity index (χ1v) is 15.3. The molecule has 10 rings (SSSR count). The molecule has 7 aromatic carbocycles. The van der Waals surface area contributed by atoms with Crippen molar-refractivity contribution in [1.29, 1.82) is 0 Å². The van der Waals surface area contributed by atoms with Crippen molar-refractivity contribution in [3.05, 3.63) is 158 Å². The molecule has 4 nitrogen and oxygen atoms in total. The van der Waals surface area contributed by atoms with Gasteiger partial charge in [0.2, 0.25) is 5.95 Å². The molecule has 0 aliphatic heterocycles. The Morgan fingerprint density at radius 3 is 1.71 bits per heavy atom. The Balaban J connectivity index is 1.42. The largest absolute Gasteiger partial charge is 0.309 e. The molecule has 0 bridgehead atoms. The summed E-state index contributed by atoms with van der Waals surface area (Å²) < 4.78 is 7.08. The third-order valence-corrected chi connectivity index (χ3v) is 9.22. The molecule has 210 valence electrons. The lowest BCUT2D eigenvalue weighted by atomic mass is 10.0. The number of hydrogen-bond acceptors (Lipinski definition) is 1. The molecule has 0 aliphatic carbocycles. The number of imidazole rings is 1. The Hall–Kier alpha value is -6.13. The molecule has 3 heterocycles. The summed E-state index contributed by atoms with van der Waals surface area (Å²) in [6.45, 7) is 0. The normalized spacial score (nSPS) is 12.0. The Kier molecular flexibility index (Phi) is 4.96. The van der Waals surface area contributed by atoms with E-state index in [0.29, 0.717) is 0 Å². The molecule has 0 N–H and O–H groups in total. The smallest absolute Gasteiger partial charge is 0.220 e. The van der Waals surface area contributed by atoms with Crippen LogP contribution < -0.4 is 0 Å². The quantitative estimate of drug-likeness (QED) is 0.206. The summed E-state index contributed by atoms with van der Waals surface area (Å²) in [5, 5.41) is 7.44. The van der Waals surface area contributed by atoms with Crippen molar-refractivity contribution < 1.29 is 0 Å². The predicted molar refractivity (Wildman–Crippen MR) is 187 cm³/mol. The van der Waals surface area contributed by atoms with Crippen molar-refractivity contribution in [2.24, 2.45) is 0 Å². The van der Waals surface area contributed by atoms with Crippen LogP contribution in [0, 0.1) is 0 Å². The highest BCUT2D eigenvalue weighted by Crippen LogP contribution is 2.44. The number of rotatable bonds is 3. The van der Waals surface area contributed by atoms with Gasteiger partial charge in [0.1, 0.15) is 0 Å². The van der Waals surface area contributed by atoms with Crippen molar-refractivity contribution in [2.75, 3.05) is 0 Å². The van der Waals surface area contributed by atoms with E-state index in [0.717, 1.165) is 39.4 Å². The molecule has 0 amide bonds. The van der Waals surface area contributed by atoms with Crippen LogP contribution in [-0.2, 0) is 0 Å². The highest BCUT2D eigenvalue weighted by Gasteiger charge is 2.24. The topological polar surface area (TPSA) is 27.7 Å². The minimum Gasteiger partial charge on any atom is -0.309 e. The van der Waals surface area contributed by atoms with Gasteiger partial charge in [-0.1, -0.05) is 103 Å². The van der Waals surface area contributed by atoms with Crippen LogP contribution in [0.5, 0.6) is 0 Å². The first-order valence-electron chi connectivity index (χ1n) is 15.3. The van der Waals surface area contributed by atoms with Crippen molar-refractivity contribution in [3.8, 4) is 17.3 Å². The Bertz CT molecular complexity index is 2750. The number of hydrogen-bond donors (Lipinski definition) is 0. The van der Waals surface area contributed by atoms with Gasteiger partial charge in [-0.3, -0.25) is 9.13 Å². The van der Waals surface area contributed by atoms with Gasteiger partial charge < -0.3 is 4.57 Å². The fourth-order valence-corrected chi connectivity index (χ4v) is 7.38. The number of nitrogens with zero attached hydrogens (tertiary/aromatic N) is 4. The summed E-state index contributed by atoms with van der Waals surface area (Å²) in [6.07, 6.45) is 0. The Morgan fingerprint density at radius 1 is 0.356 bits per heavy atom. The summed E-state index contributed by atoms with van der Waals surface area (Å²) in [5.41, 5.74) is 8.98. The predicted octanol–water partition coefficient (Wildman–Crippen LogP) is 10.4. The van der Waals surface area contributed by atoms with E-state index in [1.165, 1.54) is 43.4 Å². The van der Waals surface area contributed by atoms with Crippen molar-refractivity contribution in [2.45, 2.75) is 0 Å². The maximum absolute atomic E-state index is 5.29. The number of benzene rings is 7. The van der Waals surface area contributed by atoms with Gasteiger partial charge in [0.25, 0.3) is 0 Å². The number of fused-ring (bicyclic) bond motifs is 10. The van der Waals surface area contributed by atoms with E-state index in [1.54, 1.807) is 0 Å². The minimum absolute atomic E-state index is 0.880. The van der Waals surface area contributed by atoms with Crippen LogP contribution in [0.15, 0.2) is 158 Å². The molecule has 0 unspecified atom stereocenters. The second-order valence-electron chi connectivity index (χ2n) is 11.6. The molecule has 0 atom stereocenters. The highest BCUT2D eigenvalue weighted by molar-refractivity contribution is 6.31. The van der Waals surface area contributed by atoms with Crippen molar-refractivity contribution in [3.63, 3.8) is 0 Å². The molecule has 0 saturated heterocycles. The van der Waals surface area contributed by atoms with Gasteiger partial charge >= 0.3 is 0 Å². The molecule has 0 aliphatic rings. The van der Waals surface area contributed by atoms with E-state index in [4.69, 9.17) is 4.98 Å². The monoisotopic (exact) mass is 574 g/mol. The van der Waals surface area contributed by atoms with Gasteiger partial charge in [-0.2, -0.15) is 0 Å². The summed E-state index contributed by atoms with van der Waals surface area (Å²) in [7, 11) is 0. The SMILES string of the molecule is c1ccc(-n2c(-n3c4ccccc4c4c5c6ccc7ccccc7c6n(-c6ccccc6)c5ccc43)nc3ccccc32)cc1. The van der Waals surface area contributed by atoms with E-state index in [-0.39, 0.29) is 0 Å². The van der Waals surface area contributed by atoms with Gasteiger partial charge in [0, 0.05) is 38.3 Å². The van der Waals surface area contributed by atoms with Crippen molar-refractivity contribution >= 4 is 65.4 Å². The van der Waals surface area contributed by atoms with Crippen LogP contribution in [0.2, 0.25) is 0 Å². The summed E-state index contributed by atoms with van der Waals surface area (Å²) in [4.78, 5) is 5.29. The Labute approximate surface area is 258 Å². The number of aromatic nitrogens is 4. The standard InChI is InChI=1S/C41H26N4/c1-3-14-28(15-4-1)43-36-25-26-37-38(39(36)32-24-23-27-13-7-8-18-30(27)40(32)43)31-19-9-11-21-34(31)45(37)41-42-33-20-10-12-22-35(33)44(41)29-16-5-2-6-17-29/h1-26H. The lowest BCUT2D eigenvalue weighted by molar-refractivity contribution is 0.956. The lowest BCUT2D eigenvalue weighted by Crippen LogP contribution is -2.05. The van der Waals surface area contributed by atoms with Crippen molar-refractivity contribution in [1.82, 2.24) is 18.7 Å². The van der Waals surface area contributed by atoms with Crippen LogP contribution in [0.1, 0.15) is 0 Å². The van der Waals surface area contributed by atoms with Gasteiger partial charge in [-0.05, 0) is 60.0 Å². The third kappa shape index (κ3) is 3.34. The molecule has 0 saturated carbocycles. The van der Waals surface area contributed by atoms with Gasteiger partial charge in [0.05, 0.1) is 33.1 Å². The Morgan fingerprint density at radius 2 is 0.933 bits per heavy atom. The lowest BCUT2D eigenvalue weighted by Gasteiger charge is -2.12. The zero-order valence-electron chi connectivity index (χ0n) is 24.3. The molecule has 4 heteroatoms. The van der Waals surface area contributed by atoms with Crippen LogP contribution in [0.3, 0.4) is 0 Å².